The van der Waals surface area contributed by atoms with Crippen molar-refractivity contribution >= 4 is 32.5 Å². The largest absolute Gasteiger partial charge is 0.322 e. The number of rotatable bonds is 5. The molecule has 1 amide bonds. The molecule has 7 nitrogen and oxygen atoms in total. The third kappa shape index (κ3) is 4.32. The Morgan fingerprint density at radius 3 is 2.63 bits per heavy atom. The molecule has 2 aromatic carbocycles. The van der Waals surface area contributed by atoms with Gasteiger partial charge in [-0.1, -0.05) is 37.3 Å². The molecule has 3 heterocycles. The Hall–Kier alpha value is -3.59. The molecular formula is C26H25FN4O3S. The molecule has 4 aromatic rings. The maximum atomic E-state index is 14.7. The molecule has 2 aromatic heterocycles. The zero-order valence-electron chi connectivity index (χ0n) is 19.5. The number of nitrogens with zero attached hydrogens (tertiary/aromatic N) is 3. The van der Waals surface area contributed by atoms with Crippen molar-refractivity contribution in [2.24, 2.45) is 0 Å². The van der Waals surface area contributed by atoms with Crippen molar-refractivity contribution in [1.82, 2.24) is 14.8 Å². The van der Waals surface area contributed by atoms with Crippen molar-refractivity contribution in [2.45, 2.75) is 32.7 Å². The summed E-state index contributed by atoms with van der Waals surface area (Å²) in [6.45, 7) is 3.78. The predicted molar refractivity (Wildman–Crippen MR) is 134 cm³/mol. The first kappa shape index (κ1) is 23.2. The molecule has 1 atom stereocenters. The smallest absolute Gasteiger partial charge is 0.256 e. The number of aryl methyl sites for hydroxylation is 2. The van der Waals surface area contributed by atoms with Crippen LogP contribution in [0.1, 0.15) is 41.0 Å². The second kappa shape index (κ2) is 8.88. The summed E-state index contributed by atoms with van der Waals surface area (Å²) in [5.41, 5.74) is 3.47. The molecule has 0 bridgehead atoms. The molecule has 1 N–H and O–H groups in total. The Labute approximate surface area is 202 Å². The van der Waals surface area contributed by atoms with E-state index in [-0.39, 0.29) is 28.7 Å². The minimum Gasteiger partial charge on any atom is -0.322 e. The van der Waals surface area contributed by atoms with Gasteiger partial charge < -0.3 is 5.32 Å². The highest BCUT2D eigenvalue weighted by molar-refractivity contribution is 7.91. The number of pyridine rings is 1. The van der Waals surface area contributed by atoms with Crippen LogP contribution in [0.25, 0.3) is 22.3 Å². The molecule has 0 spiro atoms. The number of sulfone groups is 1. The van der Waals surface area contributed by atoms with E-state index in [0.717, 1.165) is 12.0 Å². The average molecular weight is 493 g/mol. The zero-order chi connectivity index (χ0) is 24.7. The Morgan fingerprint density at radius 2 is 1.91 bits per heavy atom. The Bertz CT molecular complexity index is 1560. The van der Waals surface area contributed by atoms with E-state index in [2.05, 4.69) is 15.4 Å². The number of hydrogen-bond acceptors (Lipinski definition) is 5. The van der Waals surface area contributed by atoms with Crippen LogP contribution >= 0.6 is 0 Å². The second-order valence-electron chi connectivity index (χ2n) is 8.79. The van der Waals surface area contributed by atoms with Crippen molar-refractivity contribution in [3.63, 3.8) is 0 Å². The summed E-state index contributed by atoms with van der Waals surface area (Å²) >= 11 is 0. The maximum Gasteiger partial charge on any atom is 0.256 e. The van der Waals surface area contributed by atoms with E-state index in [4.69, 9.17) is 0 Å². The normalized spacial score (nSPS) is 17.1. The number of nitrogens with one attached hydrogen (secondary N) is 1. The first-order valence-electron chi connectivity index (χ1n) is 11.5. The van der Waals surface area contributed by atoms with Crippen LogP contribution in [0.3, 0.4) is 0 Å². The molecule has 1 fully saturated rings. The van der Waals surface area contributed by atoms with Crippen molar-refractivity contribution in [3.8, 4) is 11.3 Å². The van der Waals surface area contributed by atoms with Crippen LogP contribution in [0.15, 0.2) is 54.6 Å². The van der Waals surface area contributed by atoms with Crippen LogP contribution in [0, 0.1) is 12.7 Å². The lowest BCUT2D eigenvalue weighted by Crippen LogP contribution is -2.15. The van der Waals surface area contributed by atoms with Crippen LogP contribution in [0.2, 0.25) is 0 Å². The summed E-state index contributed by atoms with van der Waals surface area (Å²) < 4.78 is 40.6. The van der Waals surface area contributed by atoms with E-state index in [1.807, 2.05) is 31.2 Å². The quantitative estimate of drug-likeness (QED) is 0.435. The van der Waals surface area contributed by atoms with E-state index in [9.17, 15) is 17.6 Å². The van der Waals surface area contributed by atoms with E-state index in [0.29, 0.717) is 34.4 Å². The number of benzene rings is 2. The second-order valence-corrected chi connectivity index (χ2v) is 11.0. The molecule has 0 saturated carbocycles. The van der Waals surface area contributed by atoms with Gasteiger partial charge in [0.2, 0.25) is 0 Å². The fraction of sp³-hybridized carbons (Fsp3) is 0.269. The molecule has 0 radical (unpaired) electrons. The highest BCUT2D eigenvalue weighted by Crippen LogP contribution is 2.33. The van der Waals surface area contributed by atoms with Crippen LogP contribution in [-0.4, -0.2) is 40.6 Å². The average Bonchev–Trinajstić information content (AvgIpc) is 3.37. The summed E-state index contributed by atoms with van der Waals surface area (Å²) in [5, 5.41) is 8.11. The summed E-state index contributed by atoms with van der Waals surface area (Å²) in [7, 11) is -3.17. The van der Waals surface area contributed by atoms with E-state index >= 15 is 0 Å². The Morgan fingerprint density at radius 1 is 1.17 bits per heavy atom. The van der Waals surface area contributed by atoms with E-state index in [1.54, 1.807) is 35.9 Å². The van der Waals surface area contributed by atoms with Crippen molar-refractivity contribution < 1.29 is 17.6 Å². The third-order valence-electron chi connectivity index (χ3n) is 6.43. The topological polar surface area (TPSA) is 93.9 Å². The fourth-order valence-corrected chi connectivity index (χ4v) is 6.35. The number of aromatic nitrogens is 3. The molecule has 1 saturated heterocycles. The van der Waals surface area contributed by atoms with Gasteiger partial charge in [0.1, 0.15) is 5.82 Å². The molecule has 9 heteroatoms. The number of carbonyl (C=O) groups is 1. The highest BCUT2D eigenvalue weighted by Gasteiger charge is 2.32. The zero-order valence-corrected chi connectivity index (χ0v) is 20.3. The van der Waals surface area contributed by atoms with Gasteiger partial charge in [0.25, 0.3) is 5.91 Å². The van der Waals surface area contributed by atoms with Gasteiger partial charge >= 0.3 is 0 Å². The number of fused-ring (bicyclic) bond motifs is 1. The van der Waals surface area contributed by atoms with Crippen LogP contribution < -0.4 is 5.32 Å². The Balaban J connectivity index is 1.70. The van der Waals surface area contributed by atoms with E-state index < -0.39 is 21.7 Å². The molecule has 0 aliphatic carbocycles. The summed E-state index contributed by atoms with van der Waals surface area (Å²) in [5.74, 6) is -0.794. The molecular weight excluding hydrogens is 467 g/mol. The van der Waals surface area contributed by atoms with Gasteiger partial charge in [-0.05, 0) is 49.6 Å². The molecule has 5 rings (SSSR count). The number of anilines is 1. The van der Waals surface area contributed by atoms with Gasteiger partial charge in [0.15, 0.2) is 15.5 Å². The number of halogens is 1. The SMILES string of the molecule is CCc1ccccc1NC(=O)c1cc(-c2ccccc2F)nc2c1c(C)nn2C1CCS(=O)(=O)C1. The van der Waals surface area contributed by atoms with Crippen LogP contribution in [-0.2, 0) is 16.3 Å². The lowest BCUT2D eigenvalue weighted by molar-refractivity contribution is 0.102. The predicted octanol–water partition coefficient (Wildman–Crippen LogP) is 4.72. The van der Waals surface area contributed by atoms with Gasteiger partial charge in [0.05, 0.1) is 39.9 Å². The van der Waals surface area contributed by atoms with Crippen LogP contribution in [0.5, 0.6) is 0 Å². The highest BCUT2D eigenvalue weighted by atomic mass is 32.2. The molecule has 1 aliphatic heterocycles. The number of carbonyl (C=O) groups excluding carboxylic acids is 1. The van der Waals surface area contributed by atoms with E-state index in [1.165, 1.54) is 6.07 Å². The van der Waals surface area contributed by atoms with Gasteiger partial charge in [-0.15, -0.1) is 0 Å². The number of hydrogen-bond donors (Lipinski definition) is 1. The monoisotopic (exact) mass is 492 g/mol. The molecule has 1 unspecified atom stereocenters. The lowest BCUT2D eigenvalue weighted by atomic mass is 10.0. The fourth-order valence-electron chi connectivity index (χ4n) is 4.66. The van der Waals surface area contributed by atoms with Crippen molar-refractivity contribution in [2.75, 3.05) is 16.8 Å². The summed E-state index contributed by atoms with van der Waals surface area (Å²) in [4.78, 5) is 18.3. The first-order valence-corrected chi connectivity index (χ1v) is 13.3. The van der Waals surface area contributed by atoms with Crippen LogP contribution in [0.4, 0.5) is 10.1 Å². The van der Waals surface area contributed by atoms with Crippen molar-refractivity contribution in [1.29, 1.82) is 0 Å². The summed E-state index contributed by atoms with van der Waals surface area (Å²) in [6.07, 6.45) is 1.16. The van der Waals surface area contributed by atoms with Gasteiger partial charge in [0, 0.05) is 11.3 Å². The minimum atomic E-state index is -3.17. The van der Waals surface area contributed by atoms with Crippen molar-refractivity contribution in [3.05, 3.63) is 77.2 Å². The number of para-hydroxylation sites is 1. The number of amides is 1. The first-order chi connectivity index (χ1) is 16.8. The molecule has 35 heavy (non-hydrogen) atoms. The lowest BCUT2D eigenvalue weighted by Gasteiger charge is -2.13. The Kier molecular flexibility index (Phi) is 5.88. The van der Waals surface area contributed by atoms with Gasteiger partial charge in [-0.3, -0.25) is 4.79 Å². The minimum absolute atomic E-state index is 0.0414. The van der Waals surface area contributed by atoms with Gasteiger partial charge in [-0.2, -0.15) is 5.10 Å². The third-order valence-corrected chi connectivity index (χ3v) is 8.18. The summed E-state index contributed by atoms with van der Waals surface area (Å²) in [6, 6.07) is 15.0. The molecule has 1 aliphatic rings. The standard InChI is InChI=1S/C26H25FN4O3S/c1-3-17-8-4-7-11-22(17)29-26(32)20-14-23(19-9-5-6-10-21(19)27)28-25-24(20)16(2)30-31(25)18-12-13-35(33,34)15-18/h4-11,14,18H,3,12-13,15H2,1-2H3,(H,29,32). The van der Waals surface area contributed by atoms with Gasteiger partial charge in [-0.25, -0.2) is 22.5 Å². The molecule has 180 valence electrons. The maximum absolute atomic E-state index is 14.7.